The topological polar surface area (TPSA) is 3.24 Å². The van der Waals surface area contributed by atoms with Crippen LogP contribution in [0.25, 0.3) is 0 Å². The summed E-state index contributed by atoms with van der Waals surface area (Å²) in [5.74, 6) is 0. The standard InChI is InChI=1S/C15H23NS/c1-3-13(2)16-11-7-10-15(12-16)17-14-8-5-4-6-9-14/h4-6,8-9,13,15H,3,7,10-12H2,1-2H3. The minimum absolute atomic E-state index is 0.745. The number of thioether (sulfide) groups is 1. The Labute approximate surface area is 110 Å². The second-order valence-corrected chi connectivity index (χ2v) is 6.32. The highest BCUT2D eigenvalue weighted by atomic mass is 32.2. The molecule has 1 aromatic carbocycles. The van der Waals surface area contributed by atoms with Crippen molar-refractivity contribution in [1.82, 2.24) is 4.90 Å². The van der Waals surface area contributed by atoms with Crippen molar-refractivity contribution in [3.05, 3.63) is 30.3 Å². The summed E-state index contributed by atoms with van der Waals surface area (Å²) in [6, 6.07) is 11.6. The van der Waals surface area contributed by atoms with E-state index in [1.54, 1.807) is 0 Å². The summed E-state index contributed by atoms with van der Waals surface area (Å²) in [4.78, 5) is 4.08. The Hall–Kier alpha value is -0.470. The van der Waals surface area contributed by atoms with Gasteiger partial charge < -0.3 is 0 Å². The molecule has 2 atom stereocenters. The van der Waals surface area contributed by atoms with Crippen LogP contribution < -0.4 is 0 Å². The van der Waals surface area contributed by atoms with E-state index in [9.17, 15) is 0 Å². The number of hydrogen-bond acceptors (Lipinski definition) is 2. The molecule has 1 aliphatic rings. The lowest BCUT2D eigenvalue weighted by molar-refractivity contribution is 0.174. The monoisotopic (exact) mass is 249 g/mol. The Morgan fingerprint density at radius 3 is 2.82 bits per heavy atom. The van der Waals surface area contributed by atoms with Crippen LogP contribution in [-0.2, 0) is 0 Å². The summed E-state index contributed by atoms with van der Waals surface area (Å²) >= 11 is 2.05. The lowest BCUT2D eigenvalue weighted by atomic mass is 10.1. The van der Waals surface area contributed by atoms with Crippen molar-refractivity contribution in [3.8, 4) is 0 Å². The van der Waals surface area contributed by atoms with Crippen molar-refractivity contribution >= 4 is 11.8 Å². The van der Waals surface area contributed by atoms with Gasteiger partial charge >= 0.3 is 0 Å². The minimum Gasteiger partial charge on any atom is -0.300 e. The molecule has 2 rings (SSSR count). The first-order valence-electron chi connectivity index (χ1n) is 6.75. The van der Waals surface area contributed by atoms with Gasteiger partial charge in [-0.25, -0.2) is 0 Å². The van der Waals surface area contributed by atoms with Gasteiger partial charge in [-0.1, -0.05) is 25.1 Å². The summed E-state index contributed by atoms with van der Waals surface area (Å²) in [5.41, 5.74) is 0. The Bertz CT molecular complexity index is 325. The Balaban J connectivity index is 1.89. The summed E-state index contributed by atoms with van der Waals surface area (Å²) < 4.78 is 0. The summed E-state index contributed by atoms with van der Waals surface area (Å²) in [6.07, 6.45) is 3.99. The van der Waals surface area contributed by atoms with Crippen LogP contribution in [0.1, 0.15) is 33.1 Å². The summed E-state index contributed by atoms with van der Waals surface area (Å²) in [5, 5.41) is 0.778. The zero-order valence-corrected chi connectivity index (χ0v) is 11.7. The van der Waals surface area contributed by atoms with Crippen LogP contribution in [-0.4, -0.2) is 29.3 Å². The van der Waals surface area contributed by atoms with Crippen molar-refractivity contribution < 1.29 is 0 Å². The molecular formula is C15H23NS. The average Bonchev–Trinajstić information content (AvgIpc) is 2.39. The van der Waals surface area contributed by atoms with Gasteiger partial charge in [-0.2, -0.15) is 0 Å². The van der Waals surface area contributed by atoms with Crippen molar-refractivity contribution in [2.75, 3.05) is 13.1 Å². The number of nitrogens with zero attached hydrogens (tertiary/aromatic N) is 1. The molecule has 1 heterocycles. The van der Waals surface area contributed by atoms with Crippen LogP contribution in [0.2, 0.25) is 0 Å². The maximum Gasteiger partial charge on any atom is 0.0222 e. The molecular weight excluding hydrogens is 226 g/mol. The van der Waals surface area contributed by atoms with Gasteiger partial charge in [0.15, 0.2) is 0 Å². The van der Waals surface area contributed by atoms with E-state index in [4.69, 9.17) is 0 Å². The highest BCUT2D eigenvalue weighted by molar-refractivity contribution is 8.00. The Morgan fingerprint density at radius 2 is 2.12 bits per heavy atom. The molecule has 2 heteroatoms. The molecule has 1 aliphatic heterocycles. The second-order valence-electron chi connectivity index (χ2n) is 4.95. The lowest BCUT2D eigenvalue weighted by Crippen LogP contribution is -2.42. The summed E-state index contributed by atoms with van der Waals surface area (Å²) in [6.45, 7) is 7.20. The largest absolute Gasteiger partial charge is 0.300 e. The molecule has 0 bridgehead atoms. The van der Waals surface area contributed by atoms with Gasteiger partial charge in [0.1, 0.15) is 0 Å². The fourth-order valence-electron chi connectivity index (χ4n) is 2.41. The van der Waals surface area contributed by atoms with E-state index in [0.29, 0.717) is 0 Å². The molecule has 1 fully saturated rings. The van der Waals surface area contributed by atoms with Crippen LogP contribution in [0.5, 0.6) is 0 Å². The quantitative estimate of drug-likeness (QED) is 0.792. The lowest BCUT2D eigenvalue weighted by Gasteiger charge is -2.36. The molecule has 17 heavy (non-hydrogen) atoms. The molecule has 94 valence electrons. The second kappa shape index (κ2) is 6.46. The predicted octanol–water partition coefficient (Wildman–Crippen LogP) is 4.04. The van der Waals surface area contributed by atoms with Gasteiger partial charge in [0.2, 0.25) is 0 Å². The zero-order chi connectivity index (χ0) is 12.1. The van der Waals surface area contributed by atoms with Crippen LogP contribution in [0.4, 0.5) is 0 Å². The Morgan fingerprint density at radius 1 is 1.35 bits per heavy atom. The van der Waals surface area contributed by atoms with E-state index in [1.165, 1.54) is 37.2 Å². The van der Waals surface area contributed by atoms with Gasteiger partial charge in [0.05, 0.1) is 0 Å². The van der Waals surface area contributed by atoms with Crippen molar-refractivity contribution in [2.45, 2.75) is 49.3 Å². The van der Waals surface area contributed by atoms with Crippen molar-refractivity contribution in [2.24, 2.45) is 0 Å². The van der Waals surface area contributed by atoms with Crippen LogP contribution >= 0.6 is 11.8 Å². The molecule has 0 radical (unpaired) electrons. The third-order valence-electron chi connectivity index (χ3n) is 3.67. The van der Waals surface area contributed by atoms with Gasteiger partial charge in [-0.3, -0.25) is 4.90 Å². The molecule has 1 aromatic rings. The van der Waals surface area contributed by atoms with Gasteiger partial charge in [0.25, 0.3) is 0 Å². The van der Waals surface area contributed by atoms with Crippen LogP contribution in [0.15, 0.2) is 35.2 Å². The van der Waals surface area contributed by atoms with E-state index in [0.717, 1.165) is 11.3 Å². The van der Waals surface area contributed by atoms with Gasteiger partial charge in [-0.15, -0.1) is 11.8 Å². The predicted molar refractivity (Wildman–Crippen MR) is 76.6 cm³/mol. The molecule has 2 unspecified atom stereocenters. The number of benzene rings is 1. The molecule has 1 nitrogen and oxygen atoms in total. The van der Waals surface area contributed by atoms with E-state index >= 15 is 0 Å². The number of piperidine rings is 1. The van der Waals surface area contributed by atoms with E-state index in [1.807, 2.05) is 0 Å². The summed E-state index contributed by atoms with van der Waals surface area (Å²) in [7, 11) is 0. The van der Waals surface area contributed by atoms with Crippen LogP contribution in [0, 0.1) is 0 Å². The fourth-order valence-corrected chi connectivity index (χ4v) is 3.66. The Kier molecular flexibility index (Phi) is 4.93. The number of likely N-dealkylation sites (tertiary alicyclic amines) is 1. The third kappa shape index (κ3) is 3.75. The smallest absolute Gasteiger partial charge is 0.0222 e. The molecule has 0 amide bonds. The minimum atomic E-state index is 0.745. The first-order valence-corrected chi connectivity index (χ1v) is 7.63. The third-order valence-corrected chi connectivity index (χ3v) is 4.93. The first-order chi connectivity index (χ1) is 8.29. The molecule has 1 saturated heterocycles. The average molecular weight is 249 g/mol. The van der Waals surface area contributed by atoms with Crippen molar-refractivity contribution in [1.29, 1.82) is 0 Å². The van der Waals surface area contributed by atoms with Crippen molar-refractivity contribution in [3.63, 3.8) is 0 Å². The molecule has 0 aromatic heterocycles. The normalized spacial score (nSPS) is 23.5. The maximum atomic E-state index is 2.66. The van der Waals surface area contributed by atoms with E-state index < -0.39 is 0 Å². The highest BCUT2D eigenvalue weighted by Gasteiger charge is 2.23. The first kappa shape index (κ1) is 13.0. The molecule has 0 spiro atoms. The maximum absolute atomic E-state index is 2.66. The van der Waals surface area contributed by atoms with Gasteiger partial charge in [-0.05, 0) is 44.9 Å². The van der Waals surface area contributed by atoms with E-state index in [-0.39, 0.29) is 0 Å². The fraction of sp³-hybridized carbons (Fsp3) is 0.600. The molecule has 0 saturated carbocycles. The van der Waals surface area contributed by atoms with Gasteiger partial charge in [0, 0.05) is 22.7 Å². The SMILES string of the molecule is CCC(C)N1CCCC(Sc2ccccc2)C1. The van der Waals surface area contributed by atoms with E-state index in [2.05, 4.69) is 60.8 Å². The highest BCUT2D eigenvalue weighted by Crippen LogP contribution is 2.30. The molecule has 0 N–H and O–H groups in total. The van der Waals surface area contributed by atoms with Crippen LogP contribution in [0.3, 0.4) is 0 Å². The molecule has 0 aliphatic carbocycles. The zero-order valence-electron chi connectivity index (χ0n) is 10.9. The number of rotatable bonds is 4. The number of hydrogen-bond donors (Lipinski definition) is 0.